The van der Waals surface area contributed by atoms with Crippen molar-refractivity contribution in [2.45, 2.75) is 0 Å². The van der Waals surface area contributed by atoms with Crippen molar-refractivity contribution in [2.75, 3.05) is 0 Å². The van der Waals surface area contributed by atoms with Gasteiger partial charge in [-0.05, 0) is 12.1 Å². The molecule has 0 unspecified atom stereocenters. The molecule has 0 atom stereocenters. The number of nitrogens with zero attached hydrogens (tertiary/aromatic N) is 3. The minimum absolute atomic E-state index is 0.0722. The van der Waals surface area contributed by atoms with Gasteiger partial charge in [0.25, 0.3) is 0 Å². The van der Waals surface area contributed by atoms with Gasteiger partial charge in [-0.1, -0.05) is 11.6 Å². The van der Waals surface area contributed by atoms with E-state index in [1.807, 2.05) is 5.38 Å². The number of aromatic nitrogens is 3. The summed E-state index contributed by atoms with van der Waals surface area (Å²) in [7, 11) is 0. The Hall–Kier alpha value is -1.72. The second kappa shape index (κ2) is 3.94. The molecule has 0 aliphatic heterocycles. The van der Waals surface area contributed by atoms with Crippen LogP contribution in [0.3, 0.4) is 0 Å². The average Bonchev–Trinajstić information content (AvgIpc) is 2.83. The highest BCUT2D eigenvalue weighted by atomic mass is 35.5. The molecule has 4 nitrogen and oxygen atoms in total. The summed E-state index contributed by atoms with van der Waals surface area (Å²) < 4.78 is 1.76. The lowest BCUT2D eigenvalue weighted by Crippen LogP contribution is -2.07. The molecule has 0 fully saturated rings. The highest BCUT2D eigenvalue weighted by Gasteiger charge is 2.07. The minimum atomic E-state index is -0.0722. The molecular weight excluding hydrogens is 258 g/mol. The molecule has 0 aromatic carbocycles. The Morgan fingerprint density at radius 3 is 2.94 bits per heavy atom. The van der Waals surface area contributed by atoms with E-state index in [2.05, 4.69) is 9.97 Å². The van der Waals surface area contributed by atoms with E-state index in [1.165, 1.54) is 17.4 Å². The number of rotatable bonds is 1. The molecule has 0 N–H and O–H groups in total. The molecule has 17 heavy (non-hydrogen) atoms. The number of hydrogen-bond acceptors (Lipinski definition) is 4. The Labute approximate surface area is 105 Å². The van der Waals surface area contributed by atoms with Crippen LogP contribution in [0.15, 0.2) is 40.8 Å². The number of fused-ring (bicyclic) bond motifs is 1. The molecule has 0 saturated carbocycles. The van der Waals surface area contributed by atoms with Crippen molar-refractivity contribution in [3.63, 3.8) is 0 Å². The van der Waals surface area contributed by atoms with E-state index in [0.717, 1.165) is 5.13 Å². The van der Waals surface area contributed by atoms with Crippen LogP contribution in [0.5, 0.6) is 0 Å². The Balaban J connectivity index is 2.44. The van der Waals surface area contributed by atoms with Crippen molar-refractivity contribution in [1.29, 1.82) is 0 Å². The van der Waals surface area contributed by atoms with Crippen LogP contribution < -0.4 is 5.43 Å². The molecule has 3 aromatic rings. The van der Waals surface area contributed by atoms with Gasteiger partial charge in [0, 0.05) is 23.8 Å². The standard InChI is InChI=1S/C11H6ClN3OS/c12-9-2-1-7-8(16)3-5-15(10(7)14-9)11-13-4-6-17-11/h1-6H. The first-order valence-electron chi connectivity index (χ1n) is 4.83. The van der Waals surface area contributed by atoms with Crippen LogP contribution in [0.1, 0.15) is 0 Å². The first-order valence-corrected chi connectivity index (χ1v) is 6.09. The Bertz CT molecular complexity index is 736. The van der Waals surface area contributed by atoms with Crippen LogP contribution in [0, 0.1) is 0 Å². The van der Waals surface area contributed by atoms with Crippen LogP contribution in [0.25, 0.3) is 16.2 Å². The van der Waals surface area contributed by atoms with Crippen molar-refractivity contribution >= 4 is 34.0 Å². The van der Waals surface area contributed by atoms with Gasteiger partial charge in [-0.2, -0.15) is 0 Å². The molecule has 3 heterocycles. The fourth-order valence-electron chi connectivity index (χ4n) is 1.59. The number of thiazole rings is 1. The molecule has 0 saturated heterocycles. The highest BCUT2D eigenvalue weighted by Crippen LogP contribution is 2.18. The molecule has 3 aromatic heterocycles. The largest absolute Gasteiger partial charge is 0.289 e. The van der Waals surface area contributed by atoms with E-state index in [1.54, 1.807) is 29.1 Å². The van der Waals surface area contributed by atoms with Gasteiger partial charge in [0.1, 0.15) is 5.15 Å². The third-order valence-electron chi connectivity index (χ3n) is 2.34. The second-order valence-electron chi connectivity index (χ2n) is 3.37. The van der Waals surface area contributed by atoms with E-state index in [9.17, 15) is 4.79 Å². The van der Waals surface area contributed by atoms with Gasteiger partial charge in [-0.15, -0.1) is 11.3 Å². The fraction of sp³-hybridized carbons (Fsp3) is 0. The third-order valence-corrected chi connectivity index (χ3v) is 3.32. The second-order valence-corrected chi connectivity index (χ2v) is 4.63. The molecule has 6 heteroatoms. The molecule has 0 bridgehead atoms. The van der Waals surface area contributed by atoms with Crippen molar-refractivity contribution in [3.8, 4) is 5.13 Å². The summed E-state index contributed by atoms with van der Waals surface area (Å²) in [5, 5.41) is 3.51. The van der Waals surface area contributed by atoms with E-state index in [-0.39, 0.29) is 5.43 Å². The average molecular weight is 264 g/mol. The molecule has 0 spiro atoms. The summed E-state index contributed by atoms with van der Waals surface area (Å²) in [6.45, 7) is 0. The van der Waals surface area contributed by atoms with E-state index in [4.69, 9.17) is 11.6 Å². The van der Waals surface area contributed by atoms with Gasteiger partial charge in [-0.25, -0.2) is 9.97 Å². The lowest BCUT2D eigenvalue weighted by Gasteiger charge is -2.05. The van der Waals surface area contributed by atoms with Gasteiger partial charge in [0.15, 0.2) is 16.2 Å². The summed E-state index contributed by atoms with van der Waals surface area (Å²) in [5.74, 6) is 0. The molecular formula is C11H6ClN3OS. The lowest BCUT2D eigenvalue weighted by atomic mass is 10.3. The topological polar surface area (TPSA) is 47.8 Å². The van der Waals surface area contributed by atoms with Crippen LogP contribution >= 0.6 is 22.9 Å². The summed E-state index contributed by atoms with van der Waals surface area (Å²) in [4.78, 5) is 20.1. The van der Waals surface area contributed by atoms with Crippen LogP contribution in [0.2, 0.25) is 5.15 Å². The van der Waals surface area contributed by atoms with E-state index < -0.39 is 0 Å². The van der Waals surface area contributed by atoms with Crippen LogP contribution in [-0.2, 0) is 0 Å². The van der Waals surface area contributed by atoms with Gasteiger partial charge < -0.3 is 0 Å². The maximum absolute atomic E-state index is 11.7. The zero-order chi connectivity index (χ0) is 11.8. The molecule has 0 radical (unpaired) electrons. The van der Waals surface area contributed by atoms with Crippen molar-refractivity contribution < 1.29 is 0 Å². The number of halogens is 1. The molecule has 3 rings (SSSR count). The molecule has 84 valence electrons. The Morgan fingerprint density at radius 2 is 2.18 bits per heavy atom. The zero-order valence-electron chi connectivity index (χ0n) is 8.50. The maximum Gasteiger partial charge on any atom is 0.195 e. The summed E-state index contributed by atoms with van der Waals surface area (Å²) in [5.41, 5.74) is 0.455. The molecule has 0 aliphatic rings. The summed E-state index contributed by atoms with van der Waals surface area (Å²) in [6, 6.07) is 4.79. The number of hydrogen-bond donors (Lipinski definition) is 0. The monoisotopic (exact) mass is 263 g/mol. The van der Waals surface area contributed by atoms with Crippen molar-refractivity contribution in [2.24, 2.45) is 0 Å². The SMILES string of the molecule is O=c1ccn(-c2nccs2)c2nc(Cl)ccc12. The highest BCUT2D eigenvalue weighted by molar-refractivity contribution is 7.12. The van der Waals surface area contributed by atoms with Gasteiger partial charge in [0.2, 0.25) is 0 Å². The van der Waals surface area contributed by atoms with Crippen LogP contribution in [0.4, 0.5) is 0 Å². The number of pyridine rings is 2. The van der Waals surface area contributed by atoms with Gasteiger partial charge in [-0.3, -0.25) is 9.36 Å². The maximum atomic E-state index is 11.7. The Kier molecular flexibility index (Phi) is 2.42. The molecule has 0 aliphatic carbocycles. The van der Waals surface area contributed by atoms with E-state index >= 15 is 0 Å². The van der Waals surface area contributed by atoms with E-state index in [0.29, 0.717) is 16.2 Å². The third kappa shape index (κ3) is 1.73. The van der Waals surface area contributed by atoms with Crippen LogP contribution in [-0.4, -0.2) is 14.5 Å². The first kappa shape index (κ1) is 10.4. The van der Waals surface area contributed by atoms with Crippen molar-refractivity contribution in [1.82, 2.24) is 14.5 Å². The quantitative estimate of drug-likeness (QED) is 0.634. The summed E-state index contributed by atoms with van der Waals surface area (Å²) >= 11 is 7.33. The van der Waals surface area contributed by atoms with Gasteiger partial charge in [0.05, 0.1) is 5.39 Å². The predicted octanol–water partition coefficient (Wildman–Crippen LogP) is 2.50. The summed E-state index contributed by atoms with van der Waals surface area (Å²) in [6.07, 6.45) is 3.36. The van der Waals surface area contributed by atoms with Gasteiger partial charge >= 0.3 is 0 Å². The molecule has 0 amide bonds. The van der Waals surface area contributed by atoms with Crippen molar-refractivity contribution in [3.05, 3.63) is 51.3 Å². The first-order chi connectivity index (χ1) is 8.25. The fourth-order valence-corrected chi connectivity index (χ4v) is 2.36. The zero-order valence-corrected chi connectivity index (χ0v) is 10.1. The smallest absolute Gasteiger partial charge is 0.195 e. The lowest BCUT2D eigenvalue weighted by molar-refractivity contribution is 1.04. The minimum Gasteiger partial charge on any atom is -0.289 e. The normalized spacial score (nSPS) is 10.9. The predicted molar refractivity (Wildman–Crippen MR) is 68.0 cm³/mol. The Morgan fingerprint density at radius 1 is 1.29 bits per heavy atom.